The lowest BCUT2D eigenvalue weighted by atomic mass is 10.0. The molecule has 0 N–H and O–H groups in total. The molecule has 0 unspecified atom stereocenters. The molecule has 1 aromatic rings. The van der Waals surface area contributed by atoms with Crippen molar-refractivity contribution in [3.8, 4) is 0 Å². The van der Waals surface area contributed by atoms with Gasteiger partial charge >= 0.3 is 0 Å². The van der Waals surface area contributed by atoms with Crippen molar-refractivity contribution in [3.05, 3.63) is 29.6 Å². The number of rotatable bonds is 0. The van der Waals surface area contributed by atoms with Crippen molar-refractivity contribution in [3.63, 3.8) is 0 Å². The van der Waals surface area contributed by atoms with E-state index in [1.54, 1.807) is 0 Å². The van der Waals surface area contributed by atoms with Crippen LogP contribution in [0.15, 0.2) is 18.5 Å². The average Bonchev–Trinajstić information content (AvgIpc) is 2.66. The van der Waals surface area contributed by atoms with Gasteiger partial charge in [-0.15, -0.1) is 0 Å². The third-order valence-electron chi connectivity index (χ3n) is 3.52. The number of pyridine rings is 1. The van der Waals surface area contributed by atoms with Crippen LogP contribution in [0.3, 0.4) is 0 Å². The van der Waals surface area contributed by atoms with Crippen molar-refractivity contribution in [1.29, 1.82) is 0 Å². The maximum atomic E-state index is 4.22. The van der Waals surface area contributed by atoms with Crippen LogP contribution in [0, 0.1) is 5.92 Å². The lowest BCUT2D eigenvalue weighted by Crippen LogP contribution is -2.18. The fourth-order valence-corrected chi connectivity index (χ4v) is 2.90. The fourth-order valence-electron chi connectivity index (χ4n) is 2.90. The number of likely N-dealkylation sites (tertiary alicyclic amines) is 1. The summed E-state index contributed by atoms with van der Waals surface area (Å²) in [5, 5.41) is 0. The van der Waals surface area contributed by atoms with E-state index in [2.05, 4.69) is 29.2 Å². The van der Waals surface area contributed by atoms with Gasteiger partial charge in [0.15, 0.2) is 0 Å². The molecule has 0 spiro atoms. The fraction of sp³-hybridized carbons (Fsp3) is 0.545. The highest BCUT2D eigenvalue weighted by Crippen LogP contribution is 2.44. The average molecular weight is 174 g/mol. The molecule has 0 saturated carbocycles. The second-order valence-corrected chi connectivity index (χ2v) is 4.25. The van der Waals surface area contributed by atoms with E-state index in [1.807, 2.05) is 6.20 Å². The van der Waals surface area contributed by atoms with Gasteiger partial charge in [-0.25, -0.2) is 0 Å². The minimum Gasteiger partial charge on any atom is -0.299 e. The number of hydrogen-bond acceptors (Lipinski definition) is 2. The monoisotopic (exact) mass is 174 g/mol. The van der Waals surface area contributed by atoms with Crippen LogP contribution in [0.4, 0.5) is 0 Å². The largest absolute Gasteiger partial charge is 0.299 e. The molecular formula is C11H14N2. The summed E-state index contributed by atoms with van der Waals surface area (Å²) in [4.78, 5) is 6.69. The molecule has 1 fully saturated rings. The molecule has 0 aromatic carbocycles. The van der Waals surface area contributed by atoms with E-state index in [0.29, 0.717) is 6.04 Å². The zero-order valence-corrected chi connectivity index (χ0v) is 7.90. The predicted octanol–water partition coefficient (Wildman–Crippen LogP) is 1.63. The van der Waals surface area contributed by atoms with E-state index < -0.39 is 0 Å². The first kappa shape index (κ1) is 7.51. The normalized spacial score (nSPS) is 31.8. The second-order valence-electron chi connectivity index (χ2n) is 4.25. The van der Waals surface area contributed by atoms with Crippen LogP contribution in [-0.2, 0) is 6.42 Å². The molecule has 13 heavy (non-hydrogen) atoms. The van der Waals surface area contributed by atoms with Gasteiger partial charge in [0.2, 0.25) is 0 Å². The van der Waals surface area contributed by atoms with Gasteiger partial charge in [0.1, 0.15) is 0 Å². The molecule has 2 aliphatic rings. The zero-order chi connectivity index (χ0) is 8.84. The summed E-state index contributed by atoms with van der Waals surface area (Å²) >= 11 is 0. The van der Waals surface area contributed by atoms with Crippen molar-refractivity contribution < 1.29 is 0 Å². The van der Waals surface area contributed by atoms with Gasteiger partial charge in [-0.3, -0.25) is 9.88 Å². The lowest BCUT2D eigenvalue weighted by molar-refractivity contribution is 0.292. The van der Waals surface area contributed by atoms with Crippen molar-refractivity contribution in [2.24, 2.45) is 5.92 Å². The van der Waals surface area contributed by atoms with Gasteiger partial charge in [0, 0.05) is 18.4 Å². The van der Waals surface area contributed by atoms with E-state index in [0.717, 1.165) is 5.92 Å². The van der Waals surface area contributed by atoms with Gasteiger partial charge < -0.3 is 0 Å². The van der Waals surface area contributed by atoms with Gasteiger partial charge in [-0.05, 0) is 49.5 Å². The molecule has 0 bridgehead atoms. The van der Waals surface area contributed by atoms with Crippen LogP contribution in [0.2, 0.25) is 0 Å². The molecule has 0 amide bonds. The van der Waals surface area contributed by atoms with E-state index in [4.69, 9.17) is 0 Å². The van der Waals surface area contributed by atoms with Crippen LogP contribution in [0.25, 0.3) is 0 Å². The molecule has 1 aliphatic heterocycles. The highest BCUT2D eigenvalue weighted by atomic mass is 15.2. The summed E-state index contributed by atoms with van der Waals surface area (Å²) in [6.07, 6.45) is 6.60. The first-order chi connectivity index (χ1) is 6.36. The van der Waals surface area contributed by atoms with E-state index in [-0.39, 0.29) is 0 Å². The standard InChI is InChI=1S/C11H14N2/c1-13-5-3-9-6-8-2-4-12-7-10(8)11(9)13/h2,4,7,9,11H,3,5-6H2,1H3/t9-,11-/m0/s1. The second kappa shape index (κ2) is 2.55. The molecule has 2 atom stereocenters. The van der Waals surface area contributed by atoms with Crippen LogP contribution in [-0.4, -0.2) is 23.5 Å². The molecule has 2 nitrogen and oxygen atoms in total. The van der Waals surface area contributed by atoms with Crippen LogP contribution in [0.1, 0.15) is 23.6 Å². The minimum absolute atomic E-state index is 0.670. The van der Waals surface area contributed by atoms with E-state index in [9.17, 15) is 0 Å². The van der Waals surface area contributed by atoms with Crippen molar-refractivity contribution in [2.45, 2.75) is 18.9 Å². The predicted molar refractivity (Wildman–Crippen MR) is 51.4 cm³/mol. The van der Waals surface area contributed by atoms with E-state index >= 15 is 0 Å². The number of aromatic nitrogens is 1. The quantitative estimate of drug-likeness (QED) is 0.594. The van der Waals surface area contributed by atoms with E-state index in [1.165, 1.54) is 30.5 Å². The molecule has 0 radical (unpaired) electrons. The summed E-state index contributed by atoms with van der Waals surface area (Å²) in [5.41, 5.74) is 3.00. The summed E-state index contributed by atoms with van der Waals surface area (Å²) in [7, 11) is 2.23. The summed E-state index contributed by atoms with van der Waals surface area (Å²) < 4.78 is 0. The Hall–Kier alpha value is -0.890. The third-order valence-corrected chi connectivity index (χ3v) is 3.52. The molecule has 1 aliphatic carbocycles. The van der Waals surface area contributed by atoms with Crippen molar-refractivity contribution in [2.75, 3.05) is 13.6 Å². The minimum atomic E-state index is 0.670. The molecular weight excluding hydrogens is 160 g/mol. The Bertz CT molecular complexity index is 335. The van der Waals surface area contributed by atoms with Gasteiger partial charge in [0.25, 0.3) is 0 Å². The lowest BCUT2D eigenvalue weighted by Gasteiger charge is -2.18. The SMILES string of the molecule is CN1CC[C@H]2Cc3ccncc3[C@H]21. The summed E-state index contributed by atoms with van der Waals surface area (Å²) in [6.45, 7) is 1.25. The molecule has 2 heteroatoms. The Balaban J connectivity index is 2.08. The van der Waals surface area contributed by atoms with Gasteiger partial charge in [-0.2, -0.15) is 0 Å². The highest BCUT2D eigenvalue weighted by Gasteiger charge is 2.39. The van der Waals surface area contributed by atoms with Crippen LogP contribution in [0.5, 0.6) is 0 Å². The smallest absolute Gasteiger partial charge is 0.0394 e. The number of fused-ring (bicyclic) bond motifs is 3. The Morgan fingerprint density at radius 3 is 3.38 bits per heavy atom. The molecule has 2 heterocycles. The first-order valence-electron chi connectivity index (χ1n) is 4.99. The van der Waals surface area contributed by atoms with Gasteiger partial charge in [0.05, 0.1) is 0 Å². The van der Waals surface area contributed by atoms with Crippen molar-refractivity contribution in [1.82, 2.24) is 9.88 Å². The number of hydrogen-bond donors (Lipinski definition) is 0. The maximum absolute atomic E-state index is 4.22. The maximum Gasteiger partial charge on any atom is 0.0394 e. The zero-order valence-electron chi connectivity index (χ0n) is 7.90. The topological polar surface area (TPSA) is 16.1 Å². The van der Waals surface area contributed by atoms with Crippen molar-refractivity contribution >= 4 is 0 Å². The molecule has 68 valence electrons. The summed E-state index contributed by atoms with van der Waals surface area (Å²) in [6, 6.07) is 2.85. The Morgan fingerprint density at radius 1 is 1.54 bits per heavy atom. The van der Waals surface area contributed by atoms with Crippen LogP contribution < -0.4 is 0 Å². The molecule has 1 aromatic heterocycles. The van der Waals surface area contributed by atoms with Gasteiger partial charge in [-0.1, -0.05) is 0 Å². The Kier molecular flexibility index (Phi) is 1.47. The summed E-state index contributed by atoms with van der Waals surface area (Å²) in [5.74, 6) is 0.865. The highest BCUT2D eigenvalue weighted by molar-refractivity contribution is 5.34. The number of nitrogens with zero attached hydrogens (tertiary/aromatic N) is 2. The van der Waals surface area contributed by atoms with Crippen LogP contribution >= 0.6 is 0 Å². The first-order valence-corrected chi connectivity index (χ1v) is 4.99. The third kappa shape index (κ3) is 0.953. The molecule has 3 rings (SSSR count). The Morgan fingerprint density at radius 2 is 2.46 bits per heavy atom. The molecule has 1 saturated heterocycles. The Labute approximate surface area is 78.6 Å².